The molecule has 1 aliphatic rings. The third-order valence-corrected chi connectivity index (χ3v) is 3.68. The van der Waals surface area contributed by atoms with Gasteiger partial charge in [-0.25, -0.2) is 0 Å². The summed E-state index contributed by atoms with van der Waals surface area (Å²) in [5, 5.41) is 5.61. The first-order valence-corrected chi connectivity index (χ1v) is 7.62. The fourth-order valence-corrected chi connectivity index (χ4v) is 2.51. The van der Waals surface area contributed by atoms with Crippen LogP contribution < -0.4 is 10.6 Å². The van der Waals surface area contributed by atoms with E-state index in [2.05, 4.69) is 10.6 Å². The largest absolute Gasteiger partial charge is 0.368 e. The van der Waals surface area contributed by atoms with Crippen molar-refractivity contribution < 1.29 is 14.3 Å². The number of hydrogen-bond donors (Lipinski definition) is 2. The summed E-state index contributed by atoms with van der Waals surface area (Å²) in [4.78, 5) is 24.6. The molecular weight excluding hydrogens is 292 g/mol. The van der Waals surface area contributed by atoms with Crippen LogP contribution in [0.15, 0.2) is 54.6 Å². The molecule has 0 aromatic heterocycles. The summed E-state index contributed by atoms with van der Waals surface area (Å²) in [6.45, 7) is 0.605. The normalized spacial score (nSPS) is 16.8. The summed E-state index contributed by atoms with van der Waals surface area (Å²) in [6, 6.07) is 16.1. The first kappa shape index (κ1) is 15.2. The quantitative estimate of drug-likeness (QED) is 0.912. The fraction of sp³-hybridized carbons (Fsp3) is 0.222. The summed E-state index contributed by atoms with van der Waals surface area (Å²) in [6.07, 6.45) is 1.17. The van der Waals surface area contributed by atoms with E-state index in [0.717, 1.165) is 6.42 Å². The van der Waals surface area contributed by atoms with Crippen molar-refractivity contribution in [3.63, 3.8) is 0 Å². The highest BCUT2D eigenvalue weighted by molar-refractivity contribution is 6.10. The first-order chi connectivity index (χ1) is 11.2. The Bertz CT molecular complexity index is 694. The molecule has 23 heavy (non-hydrogen) atoms. The Labute approximate surface area is 134 Å². The second-order valence-electron chi connectivity index (χ2n) is 5.36. The van der Waals surface area contributed by atoms with Crippen molar-refractivity contribution in [2.24, 2.45) is 0 Å². The van der Waals surface area contributed by atoms with Crippen LogP contribution in [-0.4, -0.2) is 24.5 Å². The van der Waals surface area contributed by atoms with E-state index in [4.69, 9.17) is 4.74 Å². The molecule has 5 nitrogen and oxygen atoms in total. The van der Waals surface area contributed by atoms with Gasteiger partial charge in [-0.05, 0) is 37.1 Å². The number of amides is 2. The Balaban J connectivity index is 1.74. The molecule has 1 saturated heterocycles. The smallest absolute Gasteiger partial charge is 0.257 e. The molecule has 2 amide bonds. The zero-order valence-corrected chi connectivity index (χ0v) is 12.6. The fourth-order valence-electron chi connectivity index (χ4n) is 2.51. The number of para-hydroxylation sites is 2. The lowest BCUT2D eigenvalue weighted by Gasteiger charge is -2.14. The Morgan fingerprint density at radius 3 is 2.43 bits per heavy atom. The Morgan fingerprint density at radius 2 is 1.70 bits per heavy atom. The van der Waals surface area contributed by atoms with E-state index in [1.165, 1.54) is 0 Å². The van der Waals surface area contributed by atoms with Gasteiger partial charge in [0.25, 0.3) is 11.8 Å². The molecule has 1 heterocycles. The van der Waals surface area contributed by atoms with Gasteiger partial charge in [0.2, 0.25) is 0 Å². The lowest BCUT2D eigenvalue weighted by molar-refractivity contribution is -0.124. The maximum atomic E-state index is 12.4. The van der Waals surface area contributed by atoms with Crippen LogP contribution in [-0.2, 0) is 9.53 Å². The Kier molecular flexibility index (Phi) is 4.68. The van der Waals surface area contributed by atoms with E-state index in [9.17, 15) is 9.59 Å². The van der Waals surface area contributed by atoms with Gasteiger partial charge in [0.05, 0.1) is 11.3 Å². The van der Waals surface area contributed by atoms with Gasteiger partial charge in [0.1, 0.15) is 6.10 Å². The minimum atomic E-state index is -0.430. The summed E-state index contributed by atoms with van der Waals surface area (Å²) < 4.78 is 5.37. The highest BCUT2D eigenvalue weighted by Crippen LogP contribution is 2.20. The second-order valence-corrected chi connectivity index (χ2v) is 5.36. The van der Waals surface area contributed by atoms with Gasteiger partial charge in [-0.1, -0.05) is 30.3 Å². The van der Waals surface area contributed by atoms with Gasteiger partial charge < -0.3 is 15.4 Å². The molecule has 0 aliphatic carbocycles. The van der Waals surface area contributed by atoms with E-state index < -0.39 is 6.10 Å². The molecule has 1 atom stereocenters. The van der Waals surface area contributed by atoms with E-state index in [-0.39, 0.29) is 11.8 Å². The van der Waals surface area contributed by atoms with E-state index >= 15 is 0 Å². The van der Waals surface area contributed by atoms with Gasteiger partial charge in [-0.15, -0.1) is 0 Å². The van der Waals surface area contributed by atoms with Gasteiger partial charge >= 0.3 is 0 Å². The molecule has 1 aliphatic heterocycles. The van der Waals surface area contributed by atoms with E-state index in [1.807, 2.05) is 30.3 Å². The van der Waals surface area contributed by atoms with Crippen LogP contribution in [0.1, 0.15) is 23.2 Å². The SMILES string of the molecule is O=C(Nc1ccccc1)c1ccccc1NC(=O)[C@H]1CCCO1. The van der Waals surface area contributed by atoms with Crippen LogP contribution >= 0.6 is 0 Å². The molecular formula is C18H18N2O3. The predicted molar refractivity (Wildman–Crippen MR) is 88.4 cm³/mol. The van der Waals surface area contributed by atoms with Crippen molar-refractivity contribution in [2.45, 2.75) is 18.9 Å². The molecule has 0 bridgehead atoms. The number of benzene rings is 2. The number of nitrogens with one attached hydrogen (secondary N) is 2. The molecule has 0 spiro atoms. The topological polar surface area (TPSA) is 67.4 Å². The molecule has 5 heteroatoms. The van der Waals surface area contributed by atoms with E-state index in [0.29, 0.717) is 30.0 Å². The number of carbonyl (C=O) groups is 2. The average Bonchev–Trinajstić information content (AvgIpc) is 3.11. The van der Waals surface area contributed by atoms with E-state index in [1.54, 1.807) is 24.3 Å². The monoisotopic (exact) mass is 310 g/mol. The van der Waals surface area contributed by atoms with Crippen LogP contribution in [0.25, 0.3) is 0 Å². The summed E-state index contributed by atoms with van der Waals surface area (Å²) in [5.41, 5.74) is 1.61. The molecule has 2 N–H and O–H groups in total. The summed E-state index contributed by atoms with van der Waals surface area (Å²) in [7, 11) is 0. The van der Waals surface area contributed by atoms with Crippen molar-refractivity contribution in [2.75, 3.05) is 17.2 Å². The van der Waals surface area contributed by atoms with Crippen molar-refractivity contribution >= 4 is 23.2 Å². The summed E-state index contributed by atoms with van der Waals surface area (Å²) >= 11 is 0. The number of carbonyl (C=O) groups excluding carboxylic acids is 2. The molecule has 2 aromatic rings. The Morgan fingerprint density at radius 1 is 0.957 bits per heavy atom. The van der Waals surface area contributed by atoms with Crippen LogP contribution in [0.4, 0.5) is 11.4 Å². The third kappa shape index (κ3) is 3.76. The number of hydrogen-bond acceptors (Lipinski definition) is 3. The highest BCUT2D eigenvalue weighted by atomic mass is 16.5. The first-order valence-electron chi connectivity index (χ1n) is 7.62. The van der Waals surface area contributed by atoms with Crippen molar-refractivity contribution in [1.82, 2.24) is 0 Å². The molecule has 0 unspecified atom stereocenters. The lowest BCUT2D eigenvalue weighted by atomic mass is 10.1. The zero-order chi connectivity index (χ0) is 16.1. The molecule has 0 saturated carbocycles. The van der Waals surface area contributed by atoms with Crippen LogP contribution in [0, 0.1) is 0 Å². The van der Waals surface area contributed by atoms with Gasteiger partial charge in [-0.2, -0.15) is 0 Å². The van der Waals surface area contributed by atoms with Crippen LogP contribution in [0.2, 0.25) is 0 Å². The lowest BCUT2D eigenvalue weighted by Crippen LogP contribution is -2.28. The van der Waals surface area contributed by atoms with Gasteiger partial charge in [0, 0.05) is 12.3 Å². The van der Waals surface area contributed by atoms with Crippen molar-refractivity contribution in [3.8, 4) is 0 Å². The van der Waals surface area contributed by atoms with Crippen molar-refractivity contribution in [1.29, 1.82) is 0 Å². The van der Waals surface area contributed by atoms with Crippen molar-refractivity contribution in [3.05, 3.63) is 60.2 Å². The van der Waals surface area contributed by atoms with Crippen LogP contribution in [0.5, 0.6) is 0 Å². The number of anilines is 2. The molecule has 3 rings (SSSR count). The maximum absolute atomic E-state index is 12.4. The highest BCUT2D eigenvalue weighted by Gasteiger charge is 2.24. The van der Waals surface area contributed by atoms with Gasteiger partial charge in [-0.3, -0.25) is 9.59 Å². The molecule has 1 fully saturated rings. The zero-order valence-electron chi connectivity index (χ0n) is 12.6. The standard InChI is InChI=1S/C18H18N2O3/c21-17(19-13-7-2-1-3-8-13)14-9-4-5-10-15(14)20-18(22)16-11-6-12-23-16/h1-5,7-10,16H,6,11-12H2,(H,19,21)(H,20,22)/t16-/m1/s1. The third-order valence-electron chi connectivity index (χ3n) is 3.68. The molecule has 2 aromatic carbocycles. The van der Waals surface area contributed by atoms with Gasteiger partial charge in [0.15, 0.2) is 0 Å². The van der Waals surface area contributed by atoms with Crippen LogP contribution in [0.3, 0.4) is 0 Å². The Hall–Kier alpha value is -2.66. The molecule has 118 valence electrons. The predicted octanol–water partition coefficient (Wildman–Crippen LogP) is 3.06. The summed E-state index contributed by atoms with van der Waals surface area (Å²) in [5.74, 6) is -0.470. The average molecular weight is 310 g/mol. The second kappa shape index (κ2) is 7.07. The minimum Gasteiger partial charge on any atom is -0.368 e. The minimum absolute atomic E-state index is 0.206. The number of ether oxygens (including phenoxy) is 1. The maximum Gasteiger partial charge on any atom is 0.257 e. The number of rotatable bonds is 4. The molecule has 0 radical (unpaired) electrons.